The Morgan fingerprint density at radius 2 is 2.04 bits per heavy atom. The van der Waals surface area contributed by atoms with Crippen LogP contribution in [0.1, 0.15) is 6.42 Å². The molecule has 0 aliphatic carbocycles. The molecule has 23 heavy (non-hydrogen) atoms. The van der Waals surface area contributed by atoms with Crippen LogP contribution in [0.2, 0.25) is 0 Å². The molecule has 0 unspecified atom stereocenters. The first-order chi connectivity index (χ1) is 11.2. The maximum absolute atomic E-state index is 5.35. The first-order valence-corrected chi connectivity index (χ1v) is 8.33. The first-order valence-electron chi connectivity index (χ1n) is 7.93. The second kappa shape index (κ2) is 7.63. The van der Waals surface area contributed by atoms with Crippen molar-refractivity contribution in [2.45, 2.75) is 6.42 Å². The summed E-state index contributed by atoms with van der Waals surface area (Å²) in [5, 5.41) is 13.5. The molecular formula is C16H23N5OS. The van der Waals surface area contributed by atoms with Crippen LogP contribution in [0.25, 0.3) is 0 Å². The molecule has 2 aliphatic rings. The molecule has 3 rings (SSSR count). The molecule has 0 atom stereocenters. The fraction of sp³-hybridized carbons (Fsp3) is 0.438. The lowest BCUT2D eigenvalue weighted by molar-refractivity contribution is 0.0376. The van der Waals surface area contributed by atoms with E-state index in [9.17, 15) is 0 Å². The maximum Gasteiger partial charge on any atom is 0.170 e. The number of rotatable bonds is 5. The van der Waals surface area contributed by atoms with Gasteiger partial charge in [-0.25, -0.2) is 0 Å². The average Bonchev–Trinajstić information content (AvgIpc) is 2.92. The SMILES string of the molecule is C=C1Nc2ccc(NC(=S)NCCCN3CCOCC3)cc2N1. The van der Waals surface area contributed by atoms with Crippen molar-refractivity contribution >= 4 is 34.4 Å². The third-order valence-corrected chi connectivity index (χ3v) is 4.14. The van der Waals surface area contributed by atoms with E-state index in [-0.39, 0.29) is 0 Å². The Morgan fingerprint density at radius 1 is 1.26 bits per heavy atom. The van der Waals surface area contributed by atoms with E-state index in [2.05, 4.69) is 32.7 Å². The highest BCUT2D eigenvalue weighted by atomic mass is 32.1. The van der Waals surface area contributed by atoms with Crippen molar-refractivity contribution in [1.29, 1.82) is 0 Å². The van der Waals surface area contributed by atoms with Gasteiger partial charge in [0.2, 0.25) is 0 Å². The second-order valence-corrected chi connectivity index (χ2v) is 6.09. The minimum Gasteiger partial charge on any atom is -0.379 e. The zero-order chi connectivity index (χ0) is 16.1. The van der Waals surface area contributed by atoms with E-state index in [1.165, 1.54) is 0 Å². The van der Waals surface area contributed by atoms with Gasteiger partial charge in [0.25, 0.3) is 0 Å². The number of anilines is 3. The van der Waals surface area contributed by atoms with Crippen LogP contribution < -0.4 is 21.3 Å². The van der Waals surface area contributed by atoms with E-state index < -0.39 is 0 Å². The van der Waals surface area contributed by atoms with Crippen molar-refractivity contribution in [1.82, 2.24) is 10.2 Å². The predicted octanol–water partition coefficient (Wildman–Crippen LogP) is 2.00. The topological polar surface area (TPSA) is 60.6 Å². The Balaban J connectivity index is 1.38. The van der Waals surface area contributed by atoms with Gasteiger partial charge >= 0.3 is 0 Å². The normalized spacial score (nSPS) is 17.1. The minimum absolute atomic E-state index is 0.650. The van der Waals surface area contributed by atoms with Crippen molar-refractivity contribution in [3.8, 4) is 0 Å². The summed E-state index contributed by atoms with van der Waals surface area (Å²) in [6.45, 7) is 9.56. The number of morpholine rings is 1. The van der Waals surface area contributed by atoms with Gasteiger partial charge in [-0.1, -0.05) is 6.58 Å². The van der Waals surface area contributed by atoms with Crippen LogP contribution in [0.4, 0.5) is 17.1 Å². The van der Waals surface area contributed by atoms with Crippen molar-refractivity contribution in [3.63, 3.8) is 0 Å². The standard InChI is InChI=1S/C16H23N5OS/c1-12-18-14-4-3-13(11-15(14)19-12)20-16(23)17-5-2-6-21-7-9-22-10-8-21/h3-4,11,18-19H,1-2,5-10H2,(H2,17,20,23). The third kappa shape index (κ3) is 4.57. The molecule has 124 valence electrons. The van der Waals surface area contributed by atoms with Crippen LogP contribution in [-0.2, 0) is 4.74 Å². The molecule has 1 aromatic rings. The minimum atomic E-state index is 0.650. The van der Waals surface area contributed by atoms with E-state index in [1.807, 2.05) is 18.2 Å². The lowest BCUT2D eigenvalue weighted by atomic mass is 10.2. The molecule has 1 fully saturated rings. The number of thiocarbonyl (C=S) groups is 1. The number of benzene rings is 1. The lowest BCUT2D eigenvalue weighted by Crippen LogP contribution is -2.38. The largest absolute Gasteiger partial charge is 0.379 e. The highest BCUT2D eigenvalue weighted by molar-refractivity contribution is 7.80. The molecule has 0 aromatic heterocycles. The highest BCUT2D eigenvalue weighted by Gasteiger charge is 2.13. The number of fused-ring (bicyclic) bond motifs is 1. The van der Waals surface area contributed by atoms with Gasteiger partial charge in [-0.05, 0) is 43.4 Å². The molecule has 1 aromatic carbocycles. The summed E-state index contributed by atoms with van der Waals surface area (Å²) >= 11 is 5.35. The van der Waals surface area contributed by atoms with Crippen LogP contribution in [0, 0.1) is 0 Å². The van der Waals surface area contributed by atoms with Gasteiger partial charge in [0.1, 0.15) is 5.82 Å². The zero-order valence-electron chi connectivity index (χ0n) is 13.2. The monoisotopic (exact) mass is 333 g/mol. The summed E-state index contributed by atoms with van der Waals surface area (Å²) < 4.78 is 5.35. The summed E-state index contributed by atoms with van der Waals surface area (Å²) in [5.74, 6) is 0.793. The summed E-state index contributed by atoms with van der Waals surface area (Å²) in [7, 11) is 0. The number of hydrogen-bond acceptors (Lipinski definition) is 5. The molecule has 0 spiro atoms. The van der Waals surface area contributed by atoms with Crippen LogP contribution in [-0.4, -0.2) is 49.4 Å². The van der Waals surface area contributed by atoms with Crippen molar-refractivity contribution < 1.29 is 4.74 Å². The summed E-state index contributed by atoms with van der Waals surface area (Å²) in [6, 6.07) is 6.01. The quantitative estimate of drug-likeness (QED) is 0.486. The fourth-order valence-electron chi connectivity index (χ4n) is 2.70. The summed E-state index contributed by atoms with van der Waals surface area (Å²) in [5.41, 5.74) is 3.00. The molecule has 0 amide bonds. The Hall–Kier alpha value is -1.83. The molecule has 2 heterocycles. The van der Waals surface area contributed by atoms with Gasteiger partial charge in [0, 0.05) is 25.3 Å². The van der Waals surface area contributed by atoms with E-state index in [4.69, 9.17) is 17.0 Å². The Bertz CT molecular complexity index is 586. The van der Waals surface area contributed by atoms with E-state index in [0.29, 0.717) is 5.11 Å². The van der Waals surface area contributed by atoms with Gasteiger partial charge in [0.05, 0.1) is 24.6 Å². The summed E-state index contributed by atoms with van der Waals surface area (Å²) in [4.78, 5) is 2.42. The van der Waals surface area contributed by atoms with Crippen molar-refractivity contribution in [3.05, 3.63) is 30.6 Å². The molecule has 0 bridgehead atoms. The number of ether oxygens (including phenoxy) is 1. The van der Waals surface area contributed by atoms with Crippen LogP contribution in [0.5, 0.6) is 0 Å². The van der Waals surface area contributed by atoms with Gasteiger partial charge < -0.3 is 26.0 Å². The zero-order valence-corrected chi connectivity index (χ0v) is 14.0. The fourth-order valence-corrected chi connectivity index (χ4v) is 2.92. The molecule has 1 saturated heterocycles. The van der Waals surface area contributed by atoms with Gasteiger partial charge in [-0.2, -0.15) is 0 Å². The molecular weight excluding hydrogens is 310 g/mol. The van der Waals surface area contributed by atoms with E-state index >= 15 is 0 Å². The van der Waals surface area contributed by atoms with Gasteiger partial charge in [-0.3, -0.25) is 4.90 Å². The molecule has 6 nitrogen and oxygen atoms in total. The Labute approximate surface area is 142 Å². The Morgan fingerprint density at radius 3 is 2.87 bits per heavy atom. The number of nitrogens with zero attached hydrogens (tertiary/aromatic N) is 1. The predicted molar refractivity (Wildman–Crippen MR) is 98.9 cm³/mol. The molecule has 4 N–H and O–H groups in total. The summed E-state index contributed by atoms with van der Waals surface area (Å²) in [6.07, 6.45) is 1.07. The van der Waals surface area contributed by atoms with Gasteiger partial charge in [-0.15, -0.1) is 0 Å². The smallest absolute Gasteiger partial charge is 0.170 e. The maximum atomic E-state index is 5.35. The van der Waals surface area contributed by atoms with E-state index in [0.717, 1.165) is 68.7 Å². The van der Waals surface area contributed by atoms with Crippen LogP contribution in [0.15, 0.2) is 30.6 Å². The lowest BCUT2D eigenvalue weighted by Gasteiger charge is -2.26. The number of hydrogen-bond donors (Lipinski definition) is 4. The van der Waals surface area contributed by atoms with Crippen molar-refractivity contribution in [2.24, 2.45) is 0 Å². The Kier molecular flexibility index (Phi) is 5.32. The highest BCUT2D eigenvalue weighted by Crippen LogP contribution is 2.32. The first kappa shape index (κ1) is 16.0. The molecule has 2 aliphatic heterocycles. The van der Waals surface area contributed by atoms with Gasteiger partial charge in [0.15, 0.2) is 5.11 Å². The molecule has 7 heteroatoms. The van der Waals surface area contributed by atoms with Crippen LogP contribution >= 0.6 is 12.2 Å². The van der Waals surface area contributed by atoms with E-state index in [1.54, 1.807) is 0 Å². The number of nitrogens with one attached hydrogen (secondary N) is 4. The van der Waals surface area contributed by atoms with Crippen molar-refractivity contribution in [2.75, 3.05) is 55.3 Å². The molecule has 0 radical (unpaired) electrons. The second-order valence-electron chi connectivity index (χ2n) is 5.68. The molecule has 0 saturated carbocycles. The van der Waals surface area contributed by atoms with Crippen LogP contribution in [0.3, 0.4) is 0 Å². The average molecular weight is 333 g/mol. The third-order valence-electron chi connectivity index (χ3n) is 3.89.